The molecule has 7 nitrogen and oxygen atoms in total. The Hall–Kier alpha value is -1.60. The zero-order valence-electron chi connectivity index (χ0n) is 13.7. The second-order valence-corrected chi connectivity index (χ2v) is 6.44. The molecule has 1 saturated heterocycles. The summed E-state index contributed by atoms with van der Waals surface area (Å²) >= 11 is 0. The molecule has 0 spiro atoms. The van der Waals surface area contributed by atoms with Crippen molar-refractivity contribution in [1.82, 2.24) is 19.6 Å². The summed E-state index contributed by atoms with van der Waals surface area (Å²) in [6.45, 7) is 3.88. The number of aromatic nitrogens is 2. The van der Waals surface area contributed by atoms with Crippen LogP contribution in [0.25, 0.3) is 0 Å². The quantitative estimate of drug-likeness (QED) is 0.882. The van der Waals surface area contributed by atoms with Crippen molar-refractivity contribution in [3.05, 3.63) is 12.3 Å². The molecule has 0 unspecified atom stereocenters. The molecule has 3 rings (SSSR count). The second kappa shape index (κ2) is 7.79. The van der Waals surface area contributed by atoms with E-state index in [4.69, 9.17) is 5.11 Å². The van der Waals surface area contributed by atoms with E-state index in [1.807, 2.05) is 15.6 Å². The molecule has 0 radical (unpaired) electrons. The molecular formula is C16H27N5O2. The summed E-state index contributed by atoms with van der Waals surface area (Å²) in [4.78, 5) is 16.5. The van der Waals surface area contributed by atoms with Crippen molar-refractivity contribution < 1.29 is 9.90 Å². The zero-order valence-corrected chi connectivity index (χ0v) is 13.7. The summed E-state index contributed by atoms with van der Waals surface area (Å²) < 4.78 is 1.99. The highest BCUT2D eigenvalue weighted by atomic mass is 16.3. The van der Waals surface area contributed by atoms with Crippen LogP contribution < -0.4 is 5.32 Å². The Bertz CT molecular complexity index is 504. The average molecular weight is 321 g/mol. The number of nitrogens with zero attached hydrogens (tertiary/aromatic N) is 4. The summed E-state index contributed by atoms with van der Waals surface area (Å²) in [6, 6.07) is 2.25. The smallest absolute Gasteiger partial charge is 0.323 e. The van der Waals surface area contributed by atoms with Crippen LogP contribution in [0.15, 0.2) is 12.3 Å². The minimum Gasteiger partial charge on any atom is -0.395 e. The van der Waals surface area contributed by atoms with Crippen LogP contribution >= 0.6 is 0 Å². The first-order valence-electron chi connectivity index (χ1n) is 8.70. The van der Waals surface area contributed by atoms with Gasteiger partial charge in [-0.05, 0) is 12.8 Å². The van der Waals surface area contributed by atoms with Gasteiger partial charge in [0.05, 0.1) is 18.8 Å². The number of piperazine rings is 1. The highest BCUT2D eigenvalue weighted by Gasteiger charge is 2.23. The number of hydrogen-bond acceptors (Lipinski definition) is 4. The van der Waals surface area contributed by atoms with Crippen LogP contribution in [-0.2, 0) is 0 Å². The van der Waals surface area contributed by atoms with E-state index in [2.05, 4.69) is 15.3 Å². The second-order valence-electron chi connectivity index (χ2n) is 6.44. The Morgan fingerprint density at radius 1 is 1.22 bits per heavy atom. The number of carbonyl (C=O) groups excluding carboxylic acids is 1. The molecule has 2 heterocycles. The molecule has 7 heteroatoms. The zero-order chi connectivity index (χ0) is 16.1. The van der Waals surface area contributed by atoms with Crippen LogP contribution in [-0.4, -0.2) is 70.0 Å². The molecule has 1 aliphatic carbocycles. The standard InChI is InChI=1S/C16H27N5O2/c22-13-12-19-8-10-20(11-9-19)16(23)18-15-6-7-17-21(15)14-4-2-1-3-5-14/h6-7,14,22H,1-5,8-13H2,(H,18,23). The van der Waals surface area contributed by atoms with Crippen LogP contribution in [0.4, 0.5) is 10.6 Å². The molecule has 1 aliphatic heterocycles. The summed E-state index contributed by atoms with van der Waals surface area (Å²) in [5, 5.41) is 16.4. The molecule has 2 aliphatic rings. The van der Waals surface area contributed by atoms with E-state index < -0.39 is 0 Å². The van der Waals surface area contributed by atoms with E-state index in [9.17, 15) is 4.79 Å². The number of nitrogens with one attached hydrogen (secondary N) is 1. The third kappa shape index (κ3) is 4.03. The average Bonchev–Trinajstić information content (AvgIpc) is 3.05. The normalized spacial score (nSPS) is 20.7. The fourth-order valence-electron chi connectivity index (χ4n) is 3.53. The van der Waals surface area contributed by atoms with Gasteiger partial charge in [-0.25, -0.2) is 9.48 Å². The molecule has 1 saturated carbocycles. The van der Waals surface area contributed by atoms with Gasteiger partial charge < -0.3 is 10.0 Å². The summed E-state index contributed by atoms with van der Waals surface area (Å²) in [7, 11) is 0. The number of carbonyl (C=O) groups is 1. The monoisotopic (exact) mass is 321 g/mol. The van der Waals surface area contributed by atoms with Crippen LogP contribution in [0.1, 0.15) is 38.1 Å². The summed E-state index contributed by atoms with van der Waals surface area (Å²) in [5.74, 6) is 0.805. The van der Waals surface area contributed by atoms with Gasteiger partial charge >= 0.3 is 6.03 Å². The van der Waals surface area contributed by atoms with Crippen molar-refractivity contribution in [1.29, 1.82) is 0 Å². The molecule has 0 aromatic carbocycles. The predicted molar refractivity (Wildman–Crippen MR) is 88.5 cm³/mol. The van der Waals surface area contributed by atoms with Gasteiger partial charge in [0.15, 0.2) is 0 Å². The van der Waals surface area contributed by atoms with E-state index in [0.717, 1.165) is 31.7 Å². The first kappa shape index (κ1) is 16.3. The SMILES string of the molecule is O=C(Nc1ccnn1C1CCCCC1)N1CCN(CCO)CC1. The maximum Gasteiger partial charge on any atom is 0.323 e. The van der Waals surface area contributed by atoms with E-state index >= 15 is 0 Å². The van der Waals surface area contributed by atoms with E-state index in [-0.39, 0.29) is 12.6 Å². The third-order valence-electron chi connectivity index (χ3n) is 4.90. The lowest BCUT2D eigenvalue weighted by Crippen LogP contribution is -2.50. The Morgan fingerprint density at radius 2 is 1.96 bits per heavy atom. The minimum atomic E-state index is -0.0498. The molecule has 2 fully saturated rings. The predicted octanol–water partition coefficient (Wildman–Crippen LogP) is 1.53. The number of aliphatic hydroxyl groups is 1. The Balaban J connectivity index is 1.55. The number of aliphatic hydroxyl groups excluding tert-OH is 1. The first-order chi connectivity index (χ1) is 11.3. The molecule has 0 atom stereocenters. The highest BCUT2D eigenvalue weighted by Crippen LogP contribution is 2.29. The molecule has 23 heavy (non-hydrogen) atoms. The highest BCUT2D eigenvalue weighted by molar-refractivity contribution is 5.88. The fraction of sp³-hybridized carbons (Fsp3) is 0.750. The van der Waals surface area contributed by atoms with Gasteiger partial charge in [-0.2, -0.15) is 5.10 Å². The molecule has 128 valence electrons. The van der Waals surface area contributed by atoms with Crippen LogP contribution in [0, 0.1) is 0 Å². The van der Waals surface area contributed by atoms with E-state index in [0.29, 0.717) is 25.7 Å². The number of rotatable bonds is 4. The van der Waals surface area contributed by atoms with Crippen molar-refractivity contribution in [2.45, 2.75) is 38.1 Å². The van der Waals surface area contributed by atoms with Gasteiger partial charge in [0.25, 0.3) is 0 Å². The number of amides is 2. The molecule has 1 aromatic heterocycles. The van der Waals surface area contributed by atoms with E-state index in [1.54, 1.807) is 6.20 Å². The molecular weight excluding hydrogens is 294 g/mol. The van der Waals surface area contributed by atoms with Crippen molar-refractivity contribution in [3.63, 3.8) is 0 Å². The number of anilines is 1. The number of urea groups is 1. The van der Waals surface area contributed by atoms with Gasteiger partial charge in [-0.15, -0.1) is 0 Å². The molecule has 2 amide bonds. The topological polar surface area (TPSA) is 73.6 Å². The van der Waals surface area contributed by atoms with Gasteiger partial charge in [-0.1, -0.05) is 19.3 Å². The first-order valence-corrected chi connectivity index (χ1v) is 8.70. The van der Waals surface area contributed by atoms with Crippen molar-refractivity contribution in [2.24, 2.45) is 0 Å². The van der Waals surface area contributed by atoms with Gasteiger partial charge in [0.1, 0.15) is 5.82 Å². The largest absolute Gasteiger partial charge is 0.395 e. The van der Waals surface area contributed by atoms with Gasteiger partial charge in [0.2, 0.25) is 0 Å². The van der Waals surface area contributed by atoms with Gasteiger partial charge in [0, 0.05) is 38.8 Å². The third-order valence-corrected chi connectivity index (χ3v) is 4.90. The maximum atomic E-state index is 12.5. The van der Waals surface area contributed by atoms with Crippen LogP contribution in [0.5, 0.6) is 0 Å². The summed E-state index contributed by atoms with van der Waals surface area (Å²) in [5.41, 5.74) is 0. The number of hydrogen-bond donors (Lipinski definition) is 2. The Labute approximate surface area is 137 Å². The Kier molecular flexibility index (Phi) is 5.51. The Morgan fingerprint density at radius 3 is 2.65 bits per heavy atom. The minimum absolute atomic E-state index is 0.0498. The van der Waals surface area contributed by atoms with Crippen molar-refractivity contribution in [2.75, 3.05) is 44.6 Å². The van der Waals surface area contributed by atoms with Crippen LogP contribution in [0.2, 0.25) is 0 Å². The maximum absolute atomic E-state index is 12.5. The summed E-state index contributed by atoms with van der Waals surface area (Å²) in [6.07, 6.45) is 7.84. The van der Waals surface area contributed by atoms with Crippen molar-refractivity contribution >= 4 is 11.8 Å². The molecule has 2 N–H and O–H groups in total. The fourth-order valence-corrected chi connectivity index (χ4v) is 3.53. The lowest BCUT2D eigenvalue weighted by Gasteiger charge is -2.34. The van der Waals surface area contributed by atoms with Gasteiger partial charge in [-0.3, -0.25) is 10.2 Å². The van der Waals surface area contributed by atoms with E-state index in [1.165, 1.54) is 19.3 Å². The van der Waals surface area contributed by atoms with Crippen molar-refractivity contribution in [3.8, 4) is 0 Å². The lowest BCUT2D eigenvalue weighted by molar-refractivity contribution is 0.127. The van der Waals surface area contributed by atoms with Crippen LogP contribution in [0.3, 0.4) is 0 Å². The lowest BCUT2D eigenvalue weighted by atomic mass is 9.96. The molecule has 0 bridgehead atoms. The number of β-amino-alcohol motifs (C(OH)–C–C–N with tert-alkyl or cyclic N) is 1. The molecule has 1 aromatic rings.